The SMILES string of the molecule is CCCC(=COCc1ccccc1)C(=O)OC. The van der Waals surface area contributed by atoms with Crippen LogP contribution in [0.2, 0.25) is 0 Å². The van der Waals surface area contributed by atoms with Crippen LogP contribution in [0.3, 0.4) is 0 Å². The van der Waals surface area contributed by atoms with Crippen LogP contribution in [0.25, 0.3) is 0 Å². The lowest BCUT2D eigenvalue weighted by Crippen LogP contribution is -2.05. The fraction of sp³-hybridized carbons (Fsp3) is 0.357. The lowest BCUT2D eigenvalue weighted by atomic mass is 10.2. The molecule has 0 heterocycles. The summed E-state index contributed by atoms with van der Waals surface area (Å²) in [4.78, 5) is 11.4. The molecule has 0 amide bonds. The third-order valence-electron chi connectivity index (χ3n) is 2.29. The first-order chi connectivity index (χ1) is 8.27. The monoisotopic (exact) mass is 234 g/mol. The van der Waals surface area contributed by atoms with Gasteiger partial charge in [0.25, 0.3) is 0 Å². The summed E-state index contributed by atoms with van der Waals surface area (Å²) in [6.45, 7) is 2.47. The summed E-state index contributed by atoms with van der Waals surface area (Å²) < 4.78 is 10.1. The Kier molecular flexibility index (Phi) is 5.86. The van der Waals surface area contributed by atoms with Crippen LogP contribution in [0.15, 0.2) is 42.2 Å². The Balaban J connectivity index is 2.52. The number of benzene rings is 1. The molecule has 0 saturated carbocycles. The Morgan fingerprint density at radius 3 is 2.59 bits per heavy atom. The zero-order valence-electron chi connectivity index (χ0n) is 10.3. The Bertz CT molecular complexity index is 368. The van der Waals surface area contributed by atoms with Gasteiger partial charge in [0.15, 0.2) is 0 Å². The molecule has 1 aromatic rings. The van der Waals surface area contributed by atoms with Crippen LogP contribution in [0.1, 0.15) is 25.3 Å². The van der Waals surface area contributed by atoms with E-state index in [1.807, 2.05) is 37.3 Å². The highest BCUT2D eigenvalue weighted by Crippen LogP contribution is 2.08. The van der Waals surface area contributed by atoms with Crippen molar-refractivity contribution in [3.05, 3.63) is 47.7 Å². The van der Waals surface area contributed by atoms with Crippen LogP contribution in [0.5, 0.6) is 0 Å². The lowest BCUT2D eigenvalue weighted by Gasteiger charge is -2.05. The standard InChI is InChI=1S/C14H18O3/c1-3-7-13(14(15)16-2)11-17-10-12-8-5-4-6-9-12/h4-6,8-9,11H,3,7,10H2,1-2H3. The number of ether oxygens (including phenoxy) is 2. The number of esters is 1. The summed E-state index contributed by atoms with van der Waals surface area (Å²) in [5, 5.41) is 0. The molecular weight excluding hydrogens is 216 g/mol. The predicted molar refractivity (Wildman–Crippen MR) is 66.2 cm³/mol. The largest absolute Gasteiger partial charge is 0.496 e. The molecule has 0 aromatic heterocycles. The minimum Gasteiger partial charge on any atom is -0.496 e. The van der Waals surface area contributed by atoms with Crippen molar-refractivity contribution in [2.75, 3.05) is 7.11 Å². The highest BCUT2D eigenvalue weighted by molar-refractivity contribution is 5.87. The maximum Gasteiger partial charge on any atom is 0.336 e. The number of hydrogen-bond donors (Lipinski definition) is 0. The Hall–Kier alpha value is -1.77. The van der Waals surface area contributed by atoms with Gasteiger partial charge >= 0.3 is 5.97 Å². The van der Waals surface area contributed by atoms with E-state index >= 15 is 0 Å². The van der Waals surface area contributed by atoms with E-state index in [0.29, 0.717) is 18.6 Å². The van der Waals surface area contributed by atoms with E-state index in [2.05, 4.69) is 4.74 Å². The predicted octanol–water partition coefficient (Wildman–Crippen LogP) is 3.06. The third-order valence-corrected chi connectivity index (χ3v) is 2.29. The normalized spacial score (nSPS) is 11.1. The minimum absolute atomic E-state index is 0.320. The maximum absolute atomic E-state index is 11.4. The van der Waals surface area contributed by atoms with Crippen LogP contribution in [-0.4, -0.2) is 13.1 Å². The van der Waals surface area contributed by atoms with E-state index in [1.165, 1.54) is 13.4 Å². The zero-order chi connectivity index (χ0) is 12.5. The van der Waals surface area contributed by atoms with Gasteiger partial charge in [-0.25, -0.2) is 4.79 Å². The van der Waals surface area contributed by atoms with E-state index in [1.54, 1.807) is 0 Å². The van der Waals surface area contributed by atoms with Gasteiger partial charge in [0.2, 0.25) is 0 Å². The molecule has 0 aliphatic rings. The van der Waals surface area contributed by atoms with E-state index in [-0.39, 0.29) is 5.97 Å². The molecule has 17 heavy (non-hydrogen) atoms. The van der Waals surface area contributed by atoms with Gasteiger partial charge < -0.3 is 9.47 Å². The topological polar surface area (TPSA) is 35.5 Å². The molecule has 0 unspecified atom stereocenters. The third kappa shape index (κ3) is 4.72. The summed E-state index contributed by atoms with van der Waals surface area (Å²) >= 11 is 0. The number of rotatable bonds is 6. The highest BCUT2D eigenvalue weighted by atomic mass is 16.5. The molecule has 0 saturated heterocycles. The summed E-state index contributed by atoms with van der Waals surface area (Å²) in [6, 6.07) is 9.82. The number of carbonyl (C=O) groups is 1. The molecule has 3 heteroatoms. The van der Waals surface area contributed by atoms with Crippen molar-refractivity contribution in [1.82, 2.24) is 0 Å². The first-order valence-electron chi connectivity index (χ1n) is 5.70. The zero-order valence-corrected chi connectivity index (χ0v) is 10.3. The van der Waals surface area contributed by atoms with Gasteiger partial charge in [0.1, 0.15) is 6.61 Å². The Morgan fingerprint density at radius 1 is 1.29 bits per heavy atom. The number of methoxy groups -OCH3 is 1. The van der Waals surface area contributed by atoms with Crippen molar-refractivity contribution >= 4 is 5.97 Å². The smallest absolute Gasteiger partial charge is 0.336 e. The van der Waals surface area contributed by atoms with E-state index < -0.39 is 0 Å². The average molecular weight is 234 g/mol. The van der Waals surface area contributed by atoms with Crippen LogP contribution in [0, 0.1) is 0 Å². The van der Waals surface area contributed by atoms with Gasteiger partial charge in [-0.05, 0) is 12.0 Å². The maximum atomic E-state index is 11.4. The molecular formula is C14H18O3. The first kappa shape index (κ1) is 13.3. The van der Waals surface area contributed by atoms with Crippen molar-refractivity contribution < 1.29 is 14.3 Å². The van der Waals surface area contributed by atoms with Crippen LogP contribution in [0.4, 0.5) is 0 Å². The summed E-state index contributed by atoms with van der Waals surface area (Å²) in [5.74, 6) is -0.320. The number of carbonyl (C=O) groups excluding carboxylic acids is 1. The summed E-state index contributed by atoms with van der Waals surface area (Å²) in [5.41, 5.74) is 1.65. The van der Waals surface area contributed by atoms with Gasteiger partial charge in [-0.2, -0.15) is 0 Å². The fourth-order valence-corrected chi connectivity index (χ4v) is 1.42. The molecule has 0 bridgehead atoms. The average Bonchev–Trinajstić information content (AvgIpc) is 2.38. The van der Waals surface area contributed by atoms with Gasteiger partial charge in [-0.1, -0.05) is 43.7 Å². The molecule has 92 valence electrons. The summed E-state index contributed by atoms with van der Waals surface area (Å²) in [6.07, 6.45) is 3.05. The van der Waals surface area contributed by atoms with Gasteiger partial charge in [0.05, 0.1) is 18.9 Å². The minimum atomic E-state index is -0.320. The highest BCUT2D eigenvalue weighted by Gasteiger charge is 2.08. The molecule has 1 aromatic carbocycles. The van der Waals surface area contributed by atoms with Crippen LogP contribution < -0.4 is 0 Å². The molecule has 0 N–H and O–H groups in total. The van der Waals surface area contributed by atoms with Crippen molar-refractivity contribution in [1.29, 1.82) is 0 Å². The molecule has 0 aliphatic carbocycles. The van der Waals surface area contributed by atoms with E-state index in [0.717, 1.165) is 12.0 Å². The second-order valence-corrected chi connectivity index (χ2v) is 3.68. The van der Waals surface area contributed by atoms with Crippen molar-refractivity contribution in [3.8, 4) is 0 Å². The molecule has 0 radical (unpaired) electrons. The van der Waals surface area contributed by atoms with E-state index in [9.17, 15) is 4.79 Å². The van der Waals surface area contributed by atoms with Gasteiger partial charge in [0, 0.05) is 0 Å². The Morgan fingerprint density at radius 2 is 2.00 bits per heavy atom. The molecule has 0 spiro atoms. The van der Waals surface area contributed by atoms with Gasteiger partial charge in [-0.3, -0.25) is 0 Å². The molecule has 0 atom stereocenters. The first-order valence-corrected chi connectivity index (χ1v) is 5.70. The van der Waals surface area contributed by atoms with Crippen molar-refractivity contribution in [2.24, 2.45) is 0 Å². The molecule has 3 nitrogen and oxygen atoms in total. The van der Waals surface area contributed by atoms with Gasteiger partial charge in [-0.15, -0.1) is 0 Å². The number of hydrogen-bond acceptors (Lipinski definition) is 3. The van der Waals surface area contributed by atoms with Crippen LogP contribution in [-0.2, 0) is 20.9 Å². The molecule has 0 fully saturated rings. The second kappa shape index (κ2) is 7.49. The van der Waals surface area contributed by atoms with Crippen molar-refractivity contribution in [2.45, 2.75) is 26.4 Å². The summed E-state index contributed by atoms with van der Waals surface area (Å²) in [7, 11) is 1.38. The quantitative estimate of drug-likeness (QED) is 0.431. The lowest BCUT2D eigenvalue weighted by molar-refractivity contribution is -0.136. The van der Waals surface area contributed by atoms with Crippen molar-refractivity contribution in [3.63, 3.8) is 0 Å². The van der Waals surface area contributed by atoms with E-state index in [4.69, 9.17) is 4.74 Å². The Labute approximate surface area is 102 Å². The second-order valence-electron chi connectivity index (χ2n) is 3.68. The molecule has 1 rings (SSSR count). The van der Waals surface area contributed by atoms with Crippen LogP contribution >= 0.6 is 0 Å². The fourth-order valence-electron chi connectivity index (χ4n) is 1.42. The molecule has 0 aliphatic heterocycles.